The second-order valence-corrected chi connectivity index (χ2v) is 12.9. The van der Waals surface area contributed by atoms with Crippen molar-refractivity contribution in [1.29, 1.82) is 0 Å². The maximum absolute atomic E-state index is 6.81. The van der Waals surface area contributed by atoms with Gasteiger partial charge in [0.25, 0.3) is 0 Å². The Morgan fingerprint density at radius 1 is 0.478 bits per heavy atom. The number of para-hydroxylation sites is 1. The number of thiophene rings is 1. The highest BCUT2D eigenvalue weighted by Crippen LogP contribution is 2.48. The van der Waals surface area contributed by atoms with E-state index in [2.05, 4.69) is 138 Å². The largest absolute Gasteiger partial charge is 0.456 e. The lowest BCUT2D eigenvalue weighted by Crippen LogP contribution is -2.10. The molecule has 0 amide bonds. The molecule has 9 rings (SSSR count). The number of hydrogen-bond acceptors (Lipinski definition) is 3. The van der Waals surface area contributed by atoms with E-state index in [0.29, 0.717) is 0 Å². The number of rotatable bonds is 5. The van der Waals surface area contributed by atoms with Crippen LogP contribution in [-0.4, -0.2) is 0 Å². The van der Waals surface area contributed by atoms with Crippen LogP contribution >= 0.6 is 22.9 Å². The Bertz CT molecular complexity index is 2490. The fraction of sp³-hybridized carbons (Fsp3) is 0. The molecule has 0 fully saturated rings. The fourth-order valence-corrected chi connectivity index (χ4v) is 8.15. The van der Waals surface area contributed by atoms with E-state index in [1.54, 1.807) is 11.3 Å². The predicted molar refractivity (Wildman–Crippen MR) is 197 cm³/mol. The number of furan rings is 1. The van der Waals surface area contributed by atoms with Gasteiger partial charge in [-0.25, -0.2) is 0 Å². The quantitative estimate of drug-likeness (QED) is 0.189. The molecule has 0 saturated heterocycles. The van der Waals surface area contributed by atoms with Crippen LogP contribution in [-0.2, 0) is 0 Å². The lowest BCUT2D eigenvalue weighted by molar-refractivity contribution is 0.669. The van der Waals surface area contributed by atoms with Crippen molar-refractivity contribution < 1.29 is 4.42 Å². The maximum atomic E-state index is 6.81. The van der Waals surface area contributed by atoms with E-state index >= 15 is 0 Å². The monoisotopic (exact) mass is 627 g/mol. The summed E-state index contributed by atoms with van der Waals surface area (Å²) in [6, 6.07) is 55.6. The molecule has 2 heterocycles. The highest BCUT2D eigenvalue weighted by Gasteiger charge is 2.21. The molecule has 0 bridgehead atoms. The Morgan fingerprint density at radius 3 is 1.89 bits per heavy atom. The molecule has 218 valence electrons. The zero-order valence-corrected chi connectivity index (χ0v) is 26.2. The maximum Gasteiger partial charge on any atom is 0.137 e. The first-order valence-electron chi connectivity index (χ1n) is 15.3. The molecule has 0 saturated carbocycles. The summed E-state index contributed by atoms with van der Waals surface area (Å²) < 4.78 is 8.76. The minimum absolute atomic E-state index is 0.772. The van der Waals surface area contributed by atoms with Gasteiger partial charge in [-0.1, -0.05) is 109 Å². The molecule has 7 aromatic carbocycles. The van der Waals surface area contributed by atoms with Crippen molar-refractivity contribution >= 4 is 82.1 Å². The number of halogens is 1. The molecule has 0 aliphatic heterocycles. The smallest absolute Gasteiger partial charge is 0.137 e. The van der Waals surface area contributed by atoms with Crippen molar-refractivity contribution in [2.45, 2.75) is 0 Å². The van der Waals surface area contributed by atoms with Crippen LogP contribution in [0.3, 0.4) is 0 Å². The third-order valence-corrected chi connectivity index (χ3v) is 10.2. The van der Waals surface area contributed by atoms with Crippen LogP contribution in [0.25, 0.3) is 64.4 Å². The van der Waals surface area contributed by atoms with Crippen molar-refractivity contribution in [1.82, 2.24) is 0 Å². The summed E-state index contributed by atoms with van der Waals surface area (Å²) >= 11 is 8.58. The van der Waals surface area contributed by atoms with Gasteiger partial charge in [-0.05, 0) is 76.9 Å². The molecular weight excluding hydrogens is 602 g/mol. The standard InChI is InChI=1S/C42H26ClNOS/c43-36-17-10-20-40-41(36)35-16-9-18-37(42(35)46-40)44(31-21-22-34-33-15-7-8-19-38(33)45-39(34)26-31)32-24-29(27-11-3-1-4-12-27)23-30(25-32)28-13-5-2-6-14-28/h1-26H. The molecule has 0 aliphatic rings. The van der Waals surface area contributed by atoms with Gasteiger partial charge in [0.1, 0.15) is 11.2 Å². The molecular formula is C42H26ClNOS. The first-order chi connectivity index (χ1) is 22.7. The first-order valence-corrected chi connectivity index (χ1v) is 16.5. The number of fused-ring (bicyclic) bond motifs is 6. The van der Waals surface area contributed by atoms with Gasteiger partial charge in [0.05, 0.1) is 10.4 Å². The second kappa shape index (κ2) is 10.9. The fourth-order valence-electron chi connectivity index (χ4n) is 6.58. The molecule has 0 atom stereocenters. The Hall–Kier alpha value is -5.35. The normalized spacial score (nSPS) is 11.6. The van der Waals surface area contributed by atoms with Crippen LogP contribution in [0.4, 0.5) is 17.1 Å². The summed E-state index contributed by atoms with van der Waals surface area (Å²) in [4.78, 5) is 2.37. The van der Waals surface area contributed by atoms with Crippen LogP contribution < -0.4 is 4.90 Å². The van der Waals surface area contributed by atoms with Gasteiger partial charge in [0, 0.05) is 48.7 Å². The first kappa shape index (κ1) is 27.0. The van der Waals surface area contributed by atoms with Crippen LogP contribution in [0.15, 0.2) is 162 Å². The second-order valence-electron chi connectivity index (χ2n) is 11.5. The van der Waals surface area contributed by atoms with Gasteiger partial charge in [0.2, 0.25) is 0 Å². The minimum Gasteiger partial charge on any atom is -0.456 e. The number of benzene rings is 7. The lowest BCUT2D eigenvalue weighted by atomic mass is 9.97. The van der Waals surface area contributed by atoms with Gasteiger partial charge in [0.15, 0.2) is 0 Å². The van der Waals surface area contributed by atoms with Crippen molar-refractivity contribution in [3.05, 3.63) is 163 Å². The summed E-state index contributed by atoms with van der Waals surface area (Å²) in [5.74, 6) is 0. The number of anilines is 3. The highest BCUT2D eigenvalue weighted by atomic mass is 35.5. The van der Waals surface area contributed by atoms with E-state index < -0.39 is 0 Å². The SMILES string of the molecule is Clc1cccc2sc3c(N(c4cc(-c5ccccc5)cc(-c5ccccc5)c4)c4ccc5c(c4)oc4ccccc45)cccc3c12. The number of hydrogen-bond donors (Lipinski definition) is 0. The highest BCUT2D eigenvalue weighted by molar-refractivity contribution is 7.26. The van der Waals surface area contributed by atoms with E-state index in [1.165, 1.54) is 20.5 Å². The zero-order chi connectivity index (χ0) is 30.6. The molecule has 0 unspecified atom stereocenters. The van der Waals surface area contributed by atoms with E-state index in [4.69, 9.17) is 16.0 Å². The Kier molecular flexibility index (Phi) is 6.41. The van der Waals surface area contributed by atoms with E-state index in [9.17, 15) is 0 Å². The van der Waals surface area contributed by atoms with E-state index in [0.717, 1.165) is 65.9 Å². The van der Waals surface area contributed by atoms with Gasteiger partial charge in [-0.15, -0.1) is 11.3 Å². The van der Waals surface area contributed by atoms with Crippen molar-refractivity contribution in [2.24, 2.45) is 0 Å². The van der Waals surface area contributed by atoms with Crippen molar-refractivity contribution in [3.63, 3.8) is 0 Å². The minimum atomic E-state index is 0.772. The third-order valence-electron chi connectivity index (χ3n) is 8.70. The molecule has 46 heavy (non-hydrogen) atoms. The van der Waals surface area contributed by atoms with Gasteiger partial charge < -0.3 is 9.32 Å². The number of nitrogens with zero attached hydrogens (tertiary/aromatic N) is 1. The third kappa shape index (κ3) is 4.47. The van der Waals surface area contributed by atoms with Gasteiger partial charge in [-0.3, -0.25) is 0 Å². The predicted octanol–water partition coefficient (Wildman–Crippen LogP) is 13.4. The average molecular weight is 628 g/mol. The molecule has 2 aromatic heterocycles. The topological polar surface area (TPSA) is 16.4 Å². The summed E-state index contributed by atoms with van der Waals surface area (Å²) in [6.07, 6.45) is 0. The van der Waals surface area contributed by atoms with Crippen molar-refractivity contribution in [2.75, 3.05) is 4.90 Å². The van der Waals surface area contributed by atoms with Crippen LogP contribution in [0.2, 0.25) is 5.02 Å². The Labute approximate surface area is 275 Å². The molecule has 9 aromatic rings. The summed E-state index contributed by atoms with van der Waals surface area (Å²) in [7, 11) is 0. The summed E-state index contributed by atoms with van der Waals surface area (Å²) in [6.45, 7) is 0. The van der Waals surface area contributed by atoms with E-state index in [1.807, 2.05) is 24.3 Å². The molecule has 0 N–H and O–H groups in total. The van der Waals surface area contributed by atoms with E-state index in [-0.39, 0.29) is 0 Å². The van der Waals surface area contributed by atoms with Crippen molar-refractivity contribution in [3.8, 4) is 22.3 Å². The van der Waals surface area contributed by atoms with Crippen LogP contribution in [0, 0.1) is 0 Å². The molecule has 0 aliphatic carbocycles. The molecule has 2 nitrogen and oxygen atoms in total. The summed E-state index contributed by atoms with van der Waals surface area (Å²) in [5, 5.41) is 5.25. The molecule has 0 radical (unpaired) electrons. The van der Waals surface area contributed by atoms with Gasteiger partial charge >= 0.3 is 0 Å². The molecule has 0 spiro atoms. The summed E-state index contributed by atoms with van der Waals surface area (Å²) in [5.41, 5.74) is 9.56. The Balaban J connectivity index is 1.35. The van der Waals surface area contributed by atoms with Crippen LogP contribution in [0.1, 0.15) is 0 Å². The van der Waals surface area contributed by atoms with Gasteiger partial charge in [-0.2, -0.15) is 0 Å². The zero-order valence-electron chi connectivity index (χ0n) is 24.7. The Morgan fingerprint density at radius 2 is 1.13 bits per heavy atom. The van der Waals surface area contributed by atoms with Crippen LogP contribution in [0.5, 0.6) is 0 Å². The average Bonchev–Trinajstić information content (AvgIpc) is 3.68. The lowest BCUT2D eigenvalue weighted by Gasteiger charge is -2.27. The molecule has 4 heteroatoms.